The minimum Gasteiger partial charge on any atom is -0.379 e. The van der Waals surface area contributed by atoms with E-state index < -0.39 is 15.6 Å². The third-order valence-electron chi connectivity index (χ3n) is 2.57. The Morgan fingerprint density at radius 2 is 1.94 bits per heavy atom. The first-order valence-corrected chi connectivity index (χ1v) is 6.65. The maximum absolute atomic E-state index is 12.5. The third kappa shape index (κ3) is 2.39. The van der Waals surface area contributed by atoms with Crippen LogP contribution in [0.5, 0.6) is 0 Å². The molecule has 7 heteroatoms. The second kappa shape index (κ2) is 4.58. The van der Waals surface area contributed by atoms with Crippen molar-refractivity contribution in [2.75, 3.05) is 18.4 Å². The van der Waals surface area contributed by atoms with Gasteiger partial charge < -0.3 is 10.6 Å². The normalized spacial score (nSPS) is 16.9. The molecule has 1 heterocycles. The Hall–Kier alpha value is -1.21. The lowest BCUT2D eigenvalue weighted by molar-refractivity contribution is 0.235. The monoisotopic (exact) mass is 262 g/mol. The number of benzene rings is 1. The minimum atomic E-state index is -4.55. The number of hydrogen-bond acceptors (Lipinski definition) is 4. The number of rotatable bonds is 4. The van der Waals surface area contributed by atoms with Gasteiger partial charge in [0.25, 0.3) is 0 Å². The fourth-order valence-corrected chi connectivity index (χ4v) is 2.43. The predicted molar refractivity (Wildman–Crippen MR) is 59.9 cm³/mol. The molecule has 0 atom stereocenters. The SMILES string of the molecule is O=S(=O)(c1ccccc1NC1CNC1)C(F)F. The van der Waals surface area contributed by atoms with Gasteiger partial charge in [-0.15, -0.1) is 0 Å². The van der Waals surface area contributed by atoms with E-state index in [0.717, 1.165) is 0 Å². The predicted octanol–water partition coefficient (Wildman–Crippen LogP) is 1.07. The van der Waals surface area contributed by atoms with Crippen LogP contribution in [0.3, 0.4) is 0 Å². The summed E-state index contributed by atoms with van der Waals surface area (Å²) in [4.78, 5) is -0.345. The van der Waals surface area contributed by atoms with Gasteiger partial charge in [0.05, 0.1) is 16.6 Å². The molecule has 0 saturated carbocycles. The topological polar surface area (TPSA) is 58.2 Å². The van der Waals surface area contributed by atoms with Gasteiger partial charge in [0, 0.05) is 13.1 Å². The Balaban J connectivity index is 2.33. The van der Waals surface area contributed by atoms with Crippen molar-refractivity contribution >= 4 is 15.5 Å². The van der Waals surface area contributed by atoms with E-state index in [4.69, 9.17) is 0 Å². The Morgan fingerprint density at radius 1 is 1.29 bits per heavy atom. The lowest BCUT2D eigenvalue weighted by atomic mass is 10.1. The molecule has 0 unspecified atom stereocenters. The molecule has 1 saturated heterocycles. The summed E-state index contributed by atoms with van der Waals surface area (Å²) < 4.78 is 47.8. The highest BCUT2D eigenvalue weighted by atomic mass is 32.2. The highest BCUT2D eigenvalue weighted by molar-refractivity contribution is 7.91. The molecule has 0 spiro atoms. The summed E-state index contributed by atoms with van der Waals surface area (Å²) in [5.41, 5.74) is 0.235. The van der Waals surface area contributed by atoms with Gasteiger partial charge >= 0.3 is 5.76 Å². The average molecular weight is 262 g/mol. The van der Waals surface area contributed by atoms with Crippen LogP contribution in [0.1, 0.15) is 0 Å². The van der Waals surface area contributed by atoms with Crippen molar-refractivity contribution in [3.63, 3.8) is 0 Å². The summed E-state index contributed by atoms with van der Waals surface area (Å²) >= 11 is 0. The summed E-state index contributed by atoms with van der Waals surface area (Å²) in [7, 11) is -4.55. The second-order valence-corrected chi connectivity index (χ2v) is 5.69. The first kappa shape index (κ1) is 12.3. The van der Waals surface area contributed by atoms with Crippen molar-refractivity contribution in [2.24, 2.45) is 0 Å². The zero-order valence-corrected chi connectivity index (χ0v) is 9.68. The number of alkyl halides is 2. The summed E-state index contributed by atoms with van der Waals surface area (Å²) in [6, 6.07) is 5.81. The minimum absolute atomic E-state index is 0.0871. The highest BCUT2D eigenvalue weighted by Gasteiger charge is 2.30. The Morgan fingerprint density at radius 3 is 2.47 bits per heavy atom. The van der Waals surface area contributed by atoms with E-state index >= 15 is 0 Å². The largest absolute Gasteiger partial charge is 0.379 e. The first-order valence-electron chi connectivity index (χ1n) is 5.10. The molecule has 94 valence electrons. The molecule has 1 aliphatic heterocycles. The number of hydrogen-bond donors (Lipinski definition) is 2. The molecule has 1 fully saturated rings. The van der Waals surface area contributed by atoms with E-state index in [0.29, 0.717) is 13.1 Å². The van der Waals surface area contributed by atoms with E-state index in [1.165, 1.54) is 18.2 Å². The van der Waals surface area contributed by atoms with Crippen LogP contribution in [0.15, 0.2) is 29.2 Å². The number of sulfone groups is 1. The van der Waals surface area contributed by atoms with E-state index in [-0.39, 0.29) is 16.6 Å². The first-order chi connectivity index (χ1) is 8.01. The van der Waals surface area contributed by atoms with Gasteiger partial charge in [0.2, 0.25) is 9.84 Å². The molecule has 2 rings (SSSR count). The lowest BCUT2D eigenvalue weighted by Crippen LogP contribution is -2.51. The molecule has 1 aromatic rings. The zero-order chi connectivity index (χ0) is 12.5. The Bertz CT molecular complexity index is 501. The van der Waals surface area contributed by atoms with Crippen molar-refractivity contribution < 1.29 is 17.2 Å². The van der Waals surface area contributed by atoms with Crippen LogP contribution in [0.2, 0.25) is 0 Å². The van der Waals surface area contributed by atoms with Crippen LogP contribution in [0, 0.1) is 0 Å². The maximum Gasteiger partial charge on any atom is 0.341 e. The van der Waals surface area contributed by atoms with Crippen LogP contribution < -0.4 is 10.6 Å². The van der Waals surface area contributed by atoms with E-state index in [9.17, 15) is 17.2 Å². The van der Waals surface area contributed by atoms with Gasteiger partial charge in [0.15, 0.2) is 0 Å². The maximum atomic E-state index is 12.5. The molecule has 4 nitrogen and oxygen atoms in total. The molecular weight excluding hydrogens is 250 g/mol. The number of nitrogens with one attached hydrogen (secondary N) is 2. The third-order valence-corrected chi connectivity index (χ3v) is 4.01. The van der Waals surface area contributed by atoms with E-state index in [1.54, 1.807) is 6.07 Å². The van der Waals surface area contributed by atoms with Crippen LogP contribution >= 0.6 is 0 Å². The van der Waals surface area contributed by atoms with Crippen LogP contribution in [-0.4, -0.2) is 33.3 Å². The Labute approximate surface area is 97.9 Å². The van der Waals surface area contributed by atoms with Crippen molar-refractivity contribution in [3.8, 4) is 0 Å². The van der Waals surface area contributed by atoms with Gasteiger partial charge in [-0.05, 0) is 12.1 Å². The fraction of sp³-hybridized carbons (Fsp3) is 0.400. The fourth-order valence-electron chi connectivity index (χ4n) is 1.54. The average Bonchev–Trinajstić information content (AvgIpc) is 2.23. The molecule has 17 heavy (non-hydrogen) atoms. The Kier molecular flexibility index (Phi) is 3.30. The molecule has 2 N–H and O–H groups in total. The van der Waals surface area contributed by atoms with Gasteiger partial charge in [-0.1, -0.05) is 12.1 Å². The molecule has 1 aromatic carbocycles. The molecule has 0 bridgehead atoms. The van der Waals surface area contributed by atoms with Crippen LogP contribution in [-0.2, 0) is 9.84 Å². The van der Waals surface area contributed by atoms with Crippen LogP contribution in [0.25, 0.3) is 0 Å². The van der Waals surface area contributed by atoms with Gasteiger partial charge in [-0.3, -0.25) is 0 Å². The molecule has 1 aliphatic rings. The van der Waals surface area contributed by atoms with Crippen molar-refractivity contribution in [1.29, 1.82) is 0 Å². The summed E-state index contributed by atoms with van der Waals surface area (Å²) in [6.07, 6.45) is 0. The van der Waals surface area contributed by atoms with Crippen molar-refractivity contribution in [3.05, 3.63) is 24.3 Å². The number of anilines is 1. The summed E-state index contributed by atoms with van der Waals surface area (Å²) in [5, 5.41) is 5.94. The molecule has 0 amide bonds. The van der Waals surface area contributed by atoms with E-state index in [2.05, 4.69) is 10.6 Å². The van der Waals surface area contributed by atoms with Crippen molar-refractivity contribution in [1.82, 2.24) is 5.32 Å². The summed E-state index contributed by atoms with van der Waals surface area (Å²) in [5.74, 6) is -3.40. The molecule has 0 aromatic heterocycles. The number of halogens is 2. The molecular formula is C10H12F2N2O2S. The number of para-hydroxylation sites is 1. The standard InChI is InChI=1S/C10H12F2N2O2S/c11-10(12)17(15,16)9-4-2-1-3-8(9)14-7-5-13-6-7/h1-4,7,10,13-14H,5-6H2. The van der Waals surface area contributed by atoms with Crippen LogP contribution in [0.4, 0.5) is 14.5 Å². The zero-order valence-electron chi connectivity index (χ0n) is 8.86. The molecule has 0 radical (unpaired) electrons. The highest BCUT2D eigenvalue weighted by Crippen LogP contribution is 2.26. The van der Waals surface area contributed by atoms with Gasteiger partial charge in [-0.25, -0.2) is 8.42 Å². The van der Waals surface area contributed by atoms with E-state index in [1.807, 2.05) is 0 Å². The quantitative estimate of drug-likeness (QED) is 0.852. The lowest BCUT2D eigenvalue weighted by Gasteiger charge is -2.29. The van der Waals surface area contributed by atoms with Crippen molar-refractivity contribution in [2.45, 2.75) is 16.7 Å². The second-order valence-electron chi connectivity index (χ2n) is 3.80. The summed E-state index contributed by atoms with van der Waals surface area (Å²) in [6.45, 7) is 1.39. The smallest absolute Gasteiger partial charge is 0.341 e. The van der Waals surface area contributed by atoms with Gasteiger partial charge in [0.1, 0.15) is 0 Å². The molecule has 0 aliphatic carbocycles. The van der Waals surface area contributed by atoms with Gasteiger partial charge in [-0.2, -0.15) is 8.78 Å².